The molecule has 5 rings (SSSR count). The van der Waals surface area contributed by atoms with Crippen LogP contribution in [0.5, 0.6) is 0 Å². The molecule has 0 atom stereocenters. The van der Waals surface area contributed by atoms with Crippen LogP contribution < -0.4 is 9.44 Å². The zero-order valence-corrected chi connectivity index (χ0v) is 22.7. The lowest BCUT2D eigenvalue weighted by Crippen LogP contribution is -2.14. The molecule has 8 heteroatoms. The van der Waals surface area contributed by atoms with Crippen LogP contribution in [0.15, 0.2) is 82.6 Å². The lowest BCUT2D eigenvalue weighted by Gasteiger charge is -2.13. The number of rotatable bonds is 6. The zero-order valence-electron chi connectivity index (χ0n) is 21.1. The molecular formula is C29H28N2O4S2. The molecule has 0 spiro atoms. The second-order valence-corrected chi connectivity index (χ2v) is 13.0. The van der Waals surface area contributed by atoms with E-state index < -0.39 is 20.0 Å². The minimum Gasteiger partial charge on any atom is -0.279 e. The van der Waals surface area contributed by atoms with Crippen LogP contribution in [0.2, 0.25) is 0 Å². The van der Waals surface area contributed by atoms with Gasteiger partial charge in [0.05, 0.1) is 21.2 Å². The topological polar surface area (TPSA) is 92.3 Å². The number of hydrogen-bond donors (Lipinski definition) is 2. The standard InChI is InChI=1S/C29H28N2O4S2/c1-18-5-7-20(3)28(13-18)30-36(32,33)24-9-11-26-22(16-24)15-23-17-25(10-12-27(23)26)37(34,35)31-29-14-19(2)6-8-21(29)4/h5-14,16-17,30-31H,15H2,1-4H3. The fourth-order valence-corrected chi connectivity index (χ4v) is 6.94. The smallest absolute Gasteiger partial charge is 0.261 e. The molecule has 6 nitrogen and oxygen atoms in total. The number of fused-ring (bicyclic) bond motifs is 3. The van der Waals surface area contributed by atoms with Gasteiger partial charge in [0.1, 0.15) is 0 Å². The van der Waals surface area contributed by atoms with Crippen molar-refractivity contribution in [3.05, 3.63) is 106 Å². The maximum absolute atomic E-state index is 13.1. The number of anilines is 2. The van der Waals surface area contributed by atoms with Crippen LogP contribution in [0.1, 0.15) is 33.4 Å². The Labute approximate surface area is 218 Å². The normalized spacial score (nSPS) is 12.6. The van der Waals surface area contributed by atoms with Gasteiger partial charge in [0.25, 0.3) is 20.0 Å². The molecule has 0 saturated carbocycles. The maximum Gasteiger partial charge on any atom is 0.261 e. The van der Waals surface area contributed by atoms with Crippen molar-refractivity contribution in [3.8, 4) is 11.1 Å². The summed E-state index contributed by atoms with van der Waals surface area (Å²) in [5.74, 6) is 0. The quantitative estimate of drug-likeness (QED) is 0.277. The first-order valence-corrected chi connectivity index (χ1v) is 14.9. The van der Waals surface area contributed by atoms with Gasteiger partial charge in [-0.25, -0.2) is 16.8 Å². The van der Waals surface area contributed by atoms with Crippen molar-refractivity contribution < 1.29 is 16.8 Å². The van der Waals surface area contributed by atoms with Gasteiger partial charge >= 0.3 is 0 Å². The molecule has 0 fully saturated rings. The van der Waals surface area contributed by atoms with Crippen LogP contribution >= 0.6 is 0 Å². The summed E-state index contributed by atoms with van der Waals surface area (Å²) < 4.78 is 58.0. The molecule has 0 aliphatic heterocycles. The van der Waals surface area contributed by atoms with Gasteiger partial charge in [0.2, 0.25) is 0 Å². The van der Waals surface area contributed by atoms with Crippen molar-refractivity contribution in [3.63, 3.8) is 0 Å². The lowest BCUT2D eigenvalue weighted by atomic mass is 10.1. The van der Waals surface area contributed by atoms with Gasteiger partial charge in [-0.3, -0.25) is 9.44 Å². The number of benzene rings is 4. The Morgan fingerprint density at radius 1 is 0.541 bits per heavy atom. The summed E-state index contributed by atoms with van der Waals surface area (Å²) in [6, 6.07) is 21.4. The van der Waals surface area contributed by atoms with Crippen LogP contribution in [0.25, 0.3) is 11.1 Å². The summed E-state index contributed by atoms with van der Waals surface area (Å²) in [5, 5.41) is 0. The average Bonchev–Trinajstić information content (AvgIpc) is 3.20. The molecule has 0 amide bonds. The minimum atomic E-state index is -3.79. The van der Waals surface area contributed by atoms with Crippen molar-refractivity contribution in [1.82, 2.24) is 0 Å². The molecule has 0 heterocycles. The van der Waals surface area contributed by atoms with Crippen LogP contribution in [0, 0.1) is 27.7 Å². The third-order valence-electron chi connectivity index (χ3n) is 6.72. The Bertz CT molecular complexity index is 1650. The SMILES string of the molecule is Cc1ccc(C)c(NS(=O)(=O)c2ccc3c(c2)Cc2cc(S(=O)(=O)Nc4cc(C)ccc4C)ccc2-3)c1. The van der Waals surface area contributed by atoms with E-state index in [9.17, 15) is 16.8 Å². The van der Waals surface area contributed by atoms with Gasteiger partial charge in [-0.05, 0) is 115 Å². The third kappa shape index (κ3) is 4.86. The zero-order chi connectivity index (χ0) is 26.5. The molecule has 4 aromatic rings. The second-order valence-electron chi connectivity index (χ2n) is 9.66. The first-order chi connectivity index (χ1) is 17.4. The first-order valence-electron chi connectivity index (χ1n) is 11.9. The molecule has 0 aromatic heterocycles. The van der Waals surface area contributed by atoms with Gasteiger partial charge in [-0.15, -0.1) is 0 Å². The lowest BCUT2D eigenvalue weighted by molar-refractivity contribution is 0.599. The molecule has 0 unspecified atom stereocenters. The van der Waals surface area contributed by atoms with E-state index in [0.29, 0.717) is 17.8 Å². The first kappa shape index (κ1) is 25.0. The summed E-state index contributed by atoms with van der Waals surface area (Å²) in [4.78, 5) is 0.341. The molecule has 0 radical (unpaired) electrons. The van der Waals surface area contributed by atoms with E-state index in [1.807, 2.05) is 64.1 Å². The van der Waals surface area contributed by atoms with Gasteiger partial charge in [0, 0.05) is 0 Å². The predicted octanol–water partition coefficient (Wildman–Crippen LogP) is 6.09. The van der Waals surface area contributed by atoms with Crippen molar-refractivity contribution >= 4 is 31.4 Å². The molecule has 0 saturated heterocycles. The number of nitrogens with one attached hydrogen (secondary N) is 2. The second kappa shape index (κ2) is 9.04. The van der Waals surface area contributed by atoms with Crippen molar-refractivity contribution in [2.75, 3.05) is 9.44 Å². The summed E-state index contributed by atoms with van der Waals surface area (Å²) in [7, 11) is -7.58. The molecule has 2 N–H and O–H groups in total. The van der Waals surface area contributed by atoms with Gasteiger partial charge < -0.3 is 0 Å². The maximum atomic E-state index is 13.1. The van der Waals surface area contributed by atoms with Gasteiger partial charge in [-0.2, -0.15) is 0 Å². The van der Waals surface area contributed by atoms with Crippen LogP contribution in [-0.2, 0) is 26.5 Å². The van der Waals surface area contributed by atoms with Gasteiger partial charge in [-0.1, -0.05) is 36.4 Å². The highest BCUT2D eigenvalue weighted by Crippen LogP contribution is 2.39. The molecule has 4 aromatic carbocycles. The van der Waals surface area contributed by atoms with E-state index in [4.69, 9.17) is 0 Å². The predicted molar refractivity (Wildman–Crippen MR) is 148 cm³/mol. The summed E-state index contributed by atoms with van der Waals surface area (Å²) in [6.07, 6.45) is 0.449. The van der Waals surface area contributed by atoms with E-state index in [-0.39, 0.29) is 9.79 Å². The fraction of sp³-hybridized carbons (Fsp3) is 0.172. The minimum absolute atomic E-state index is 0.171. The van der Waals surface area contributed by atoms with E-state index in [2.05, 4.69) is 9.44 Å². The largest absolute Gasteiger partial charge is 0.279 e. The number of sulfonamides is 2. The Morgan fingerprint density at radius 2 is 0.946 bits per heavy atom. The number of hydrogen-bond acceptors (Lipinski definition) is 4. The Morgan fingerprint density at radius 3 is 1.35 bits per heavy atom. The highest BCUT2D eigenvalue weighted by Gasteiger charge is 2.25. The molecule has 0 bridgehead atoms. The van der Waals surface area contributed by atoms with E-state index in [1.165, 1.54) is 0 Å². The summed E-state index contributed by atoms with van der Waals surface area (Å²) >= 11 is 0. The van der Waals surface area contributed by atoms with Gasteiger partial charge in [0.15, 0.2) is 0 Å². The molecular weight excluding hydrogens is 504 g/mol. The fourth-order valence-electron chi connectivity index (χ4n) is 4.60. The number of aryl methyl sites for hydroxylation is 4. The van der Waals surface area contributed by atoms with Crippen molar-refractivity contribution in [1.29, 1.82) is 0 Å². The van der Waals surface area contributed by atoms with Crippen molar-refractivity contribution in [2.45, 2.75) is 43.9 Å². The Hall–Kier alpha value is -3.62. The highest BCUT2D eigenvalue weighted by atomic mass is 32.2. The van der Waals surface area contributed by atoms with Crippen LogP contribution in [0.4, 0.5) is 11.4 Å². The molecule has 37 heavy (non-hydrogen) atoms. The molecule has 1 aliphatic carbocycles. The monoisotopic (exact) mass is 532 g/mol. The summed E-state index contributed by atoms with van der Waals surface area (Å²) in [5.41, 5.74) is 8.21. The van der Waals surface area contributed by atoms with Crippen LogP contribution in [0.3, 0.4) is 0 Å². The summed E-state index contributed by atoms with van der Waals surface area (Å²) in [6.45, 7) is 7.54. The average molecular weight is 533 g/mol. The van der Waals surface area contributed by atoms with E-state index >= 15 is 0 Å². The van der Waals surface area contributed by atoms with E-state index in [1.54, 1.807) is 36.4 Å². The van der Waals surface area contributed by atoms with Crippen LogP contribution in [-0.4, -0.2) is 16.8 Å². The third-order valence-corrected chi connectivity index (χ3v) is 9.45. The molecule has 190 valence electrons. The Balaban J connectivity index is 1.42. The van der Waals surface area contributed by atoms with E-state index in [0.717, 1.165) is 44.5 Å². The highest BCUT2D eigenvalue weighted by molar-refractivity contribution is 7.93. The Kier molecular flexibility index (Phi) is 6.12. The molecule has 1 aliphatic rings. The van der Waals surface area contributed by atoms with Crippen molar-refractivity contribution in [2.24, 2.45) is 0 Å².